The molecule has 0 saturated carbocycles. The number of aromatic nitrogens is 2. The SMILES string of the molecule is CCCNCCCn1cc(F)c(=O)[nH]c1=O. The summed E-state index contributed by atoms with van der Waals surface area (Å²) < 4.78 is 14.0. The zero-order valence-electron chi connectivity index (χ0n) is 9.25. The Labute approximate surface area is 92.3 Å². The van der Waals surface area contributed by atoms with Crippen molar-refractivity contribution in [1.82, 2.24) is 14.9 Å². The van der Waals surface area contributed by atoms with Crippen LogP contribution in [0.2, 0.25) is 0 Å². The lowest BCUT2D eigenvalue weighted by Crippen LogP contribution is -2.32. The molecule has 6 heteroatoms. The van der Waals surface area contributed by atoms with Crippen LogP contribution >= 0.6 is 0 Å². The second-order valence-corrected chi connectivity index (χ2v) is 3.53. The van der Waals surface area contributed by atoms with Crippen LogP contribution in [-0.2, 0) is 6.54 Å². The standard InChI is InChI=1S/C10H16FN3O2/c1-2-4-12-5-3-6-14-7-8(11)9(15)13-10(14)16/h7,12H,2-6H2,1H3,(H,13,15,16). The third kappa shape index (κ3) is 3.62. The van der Waals surface area contributed by atoms with E-state index in [4.69, 9.17) is 0 Å². The number of nitrogens with zero attached hydrogens (tertiary/aromatic N) is 1. The van der Waals surface area contributed by atoms with E-state index in [1.165, 1.54) is 4.57 Å². The number of hydrogen-bond donors (Lipinski definition) is 2. The maximum Gasteiger partial charge on any atom is 0.328 e. The lowest BCUT2D eigenvalue weighted by Gasteiger charge is -2.05. The Morgan fingerprint density at radius 3 is 2.88 bits per heavy atom. The summed E-state index contributed by atoms with van der Waals surface area (Å²) in [5.41, 5.74) is -1.53. The summed E-state index contributed by atoms with van der Waals surface area (Å²) in [6, 6.07) is 0. The molecule has 16 heavy (non-hydrogen) atoms. The van der Waals surface area contributed by atoms with Gasteiger partial charge in [0.05, 0.1) is 6.20 Å². The van der Waals surface area contributed by atoms with Gasteiger partial charge in [-0.15, -0.1) is 0 Å². The van der Waals surface area contributed by atoms with Crippen LogP contribution in [0, 0.1) is 5.82 Å². The minimum Gasteiger partial charge on any atom is -0.317 e. The molecule has 1 rings (SSSR count). The van der Waals surface area contributed by atoms with Gasteiger partial charge < -0.3 is 5.32 Å². The fourth-order valence-corrected chi connectivity index (χ4v) is 1.32. The zero-order valence-corrected chi connectivity index (χ0v) is 9.25. The van der Waals surface area contributed by atoms with E-state index < -0.39 is 17.1 Å². The van der Waals surface area contributed by atoms with Gasteiger partial charge in [-0.1, -0.05) is 6.92 Å². The van der Waals surface area contributed by atoms with Gasteiger partial charge in [0.25, 0.3) is 5.56 Å². The summed E-state index contributed by atoms with van der Waals surface area (Å²) >= 11 is 0. The molecule has 90 valence electrons. The fraction of sp³-hybridized carbons (Fsp3) is 0.600. The Bertz CT molecular complexity index is 438. The Morgan fingerprint density at radius 2 is 2.19 bits per heavy atom. The highest BCUT2D eigenvalue weighted by Gasteiger charge is 2.02. The molecule has 1 aromatic heterocycles. The van der Waals surface area contributed by atoms with Crippen molar-refractivity contribution in [1.29, 1.82) is 0 Å². The van der Waals surface area contributed by atoms with Crippen molar-refractivity contribution in [3.8, 4) is 0 Å². The molecule has 0 unspecified atom stereocenters. The number of aromatic amines is 1. The van der Waals surface area contributed by atoms with E-state index in [2.05, 4.69) is 12.2 Å². The summed E-state index contributed by atoms with van der Waals surface area (Å²) in [6.07, 6.45) is 2.71. The van der Waals surface area contributed by atoms with E-state index in [1.807, 2.05) is 4.98 Å². The minimum atomic E-state index is -0.967. The van der Waals surface area contributed by atoms with Gasteiger partial charge in [0.1, 0.15) is 0 Å². The van der Waals surface area contributed by atoms with Crippen molar-refractivity contribution in [3.05, 3.63) is 32.9 Å². The molecule has 0 atom stereocenters. The van der Waals surface area contributed by atoms with E-state index in [0.29, 0.717) is 13.0 Å². The maximum atomic E-state index is 12.9. The molecule has 0 bridgehead atoms. The number of rotatable bonds is 6. The molecule has 0 spiro atoms. The van der Waals surface area contributed by atoms with Crippen LogP contribution in [-0.4, -0.2) is 22.6 Å². The largest absolute Gasteiger partial charge is 0.328 e. The van der Waals surface area contributed by atoms with E-state index in [-0.39, 0.29) is 0 Å². The van der Waals surface area contributed by atoms with Gasteiger partial charge >= 0.3 is 5.69 Å². The first-order chi connectivity index (χ1) is 7.65. The lowest BCUT2D eigenvalue weighted by molar-refractivity contribution is 0.523. The summed E-state index contributed by atoms with van der Waals surface area (Å²) in [7, 11) is 0. The number of nitrogens with one attached hydrogen (secondary N) is 2. The topological polar surface area (TPSA) is 66.9 Å². The highest BCUT2D eigenvalue weighted by molar-refractivity contribution is 4.86. The molecule has 1 aromatic rings. The van der Waals surface area contributed by atoms with Gasteiger partial charge in [0.15, 0.2) is 0 Å². The molecule has 0 aliphatic rings. The highest BCUT2D eigenvalue weighted by Crippen LogP contribution is 1.87. The number of hydrogen-bond acceptors (Lipinski definition) is 3. The predicted octanol–water partition coefficient (Wildman–Crippen LogP) is 0.0654. The highest BCUT2D eigenvalue weighted by atomic mass is 19.1. The third-order valence-electron chi connectivity index (χ3n) is 2.15. The first-order valence-electron chi connectivity index (χ1n) is 5.35. The lowest BCUT2D eigenvalue weighted by atomic mass is 10.4. The molecule has 0 amide bonds. The fourth-order valence-electron chi connectivity index (χ4n) is 1.32. The Hall–Kier alpha value is -1.43. The Kier molecular flexibility index (Phi) is 4.91. The molecule has 0 aromatic carbocycles. The molecule has 0 aliphatic carbocycles. The van der Waals surface area contributed by atoms with E-state index in [9.17, 15) is 14.0 Å². The van der Waals surface area contributed by atoms with Crippen LogP contribution in [0.4, 0.5) is 4.39 Å². The van der Waals surface area contributed by atoms with E-state index in [1.54, 1.807) is 0 Å². The Morgan fingerprint density at radius 1 is 1.44 bits per heavy atom. The summed E-state index contributed by atoms with van der Waals surface area (Å²) in [5.74, 6) is -0.930. The van der Waals surface area contributed by atoms with Crippen molar-refractivity contribution < 1.29 is 4.39 Å². The van der Waals surface area contributed by atoms with Gasteiger partial charge in [-0.3, -0.25) is 14.3 Å². The first kappa shape index (κ1) is 12.6. The molecule has 1 heterocycles. The van der Waals surface area contributed by atoms with E-state index >= 15 is 0 Å². The van der Waals surface area contributed by atoms with Crippen LogP contribution in [0.5, 0.6) is 0 Å². The van der Waals surface area contributed by atoms with Gasteiger partial charge in [-0.05, 0) is 25.9 Å². The summed E-state index contributed by atoms with van der Waals surface area (Å²) in [6.45, 7) is 4.15. The second-order valence-electron chi connectivity index (χ2n) is 3.53. The van der Waals surface area contributed by atoms with Crippen molar-refractivity contribution >= 4 is 0 Å². The monoisotopic (exact) mass is 229 g/mol. The number of halogens is 1. The Balaban J connectivity index is 2.51. The first-order valence-corrected chi connectivity index (χ1v) is 5.35. The molecule has 0 radical (unpaired) electrons. The molecule has 5 nitrogen and oxygen atoms in total. The third-order valence-corrected chi connectivity index (χ3v) is 2.15. The van der Waals surface area contributed by atoms with Crippen molar-refractivity contribution in [2.24, 2.45) is 0 Å². The average Bonchev–Trinajstić information content (AvgIpc) is 2.25. The van der Waals surface area contributed by atoms with Crippen molar-refractivity contribution in [2.45, 2.75) is 26.3 Å². The van der Waals surface area contributed by atoms with Crippen LogP contribution in [0.15, 0.2) is 15.8 Å². The van der Waals surface area contributed by atoms with Crippen LogP contribution in [0.3, 0.4) is 0 Å². The van der Waals surface area contributed by atoms with Gasteiger partial charge in [0.2, 0.25) is 5.82 Å². The van der Waals surface area contributed by atoms with Crippen LogP contribution in [0.1, 0.15) is 19.8 Å². The van der Waals surface area contributed by atoms with Crippen molar-refractivity contribution in [3.63, 3.8) is 0 Å². The summed E-state index contributed by atoms with van der Waals surface area (Å²) in [4.78, 5) is 23.9. The smallest absolute Gasteiger partial charge is 0.317 e. The number of aryl methyl sites for hydroxylation is 1. The quantitative estimate of drug-likeness (QED) is 0.678. The molecule has 2 N–H and O–H groups in total. The molecule has 0 saturated heterocycles. The predicted molar refractivity (Wildman–Crippen MR) is 59.1 cm³/mol. The van der Waals surface area contributed by atoms with Gasteiger partial charge in [0, 0.05) is 6.54 Å². The molecule has 0 fully saturated rings. The van der Waals surface area contributed by atoms with Gasteiger partial charge in [-0.2, -0.15) is 4.39 Å². The van der Waals surface area contributed by atoms with Gasteiger partial charge in [-0.25, -0.2) is 4.79 Å². The normalized spacial score (nSPS) is 10.6. The van der Waals surface area contributed by atoms with Crippen molar-refractivity contribution in [2.75, 3.05) is 13.1 Å². The summed E-state index contributed by atoms with van der Waals surface area (Å²) in [5, 5.41) is 3.17. The minimum absolute atomic E-state index is 0.392. The molecular weight excluding hydrogens is 213 g/mol. The zero-order chi connectivity index (χ0) is 12.0. The second kappa shape index (κ2) is 6.22. The number of H-pyrrole nitrogens is 1. The van der Waals surface area contributed by atoms with Crippen LogP contribution in [0.25, 0.3) is 0 Å². The van der Waals surface area contributed by atoms with E-state index in [0.717, 1.165) is 25.7 Å². The molecule has 0 aliphatic heterocycles. The maximum absolute atomic E-state index is 12.9. The molecular formula is C10H16FN3O2. The van der Waals surface area contributed by atoms with Crippen LogP contribution < -0.4 is 16.6 Å². The average molecular weight is 229 g/mol.